The number of hydrogen-bond donors (Lipinski definition) is 1. The minimum absolute atomic E-state index is 0.744. The summed E-state index contributed by atoms with van der Waals surface area (Å²) in [4.78, 5) is 8.86. The molecule has 0 atom stereocenters. The summed E-state index contributed by atoms with van der Waals surface area (Å²) in [5, 5.41) is 7.72. The summed E-state index contributed by atoms with van der Waals surface area (Å²) >= 11 is 1.68. The molecule has 3 nitrogen and oxygen atoms in total. The second kappa shape index (κ2) is 4.74. The summed E-state index contributed by atoms with van der Waals surface area (Å²) in [6.07, 6.45) is 1.82. The quantitative estimate of drug-likeness (QED) is 0.777. The van der Waals surface area contributed by atoms with Gasteiger partial charge in [-0.05, 0) is 19.1 Å². The number of aromatic nitrogens is 2. The van der Waals surface area contributed by atoms with Gasteiger partial charge in [-0.25, -0.2) is 4.98 Å². The zero-order chi connectivity index (χ0) is 12.4. The van der Waals surface area contributed by atoms with Gasteiger partial charge in [-0.15, -0.1) is 11.3 Å². The SMILES string of the molecule is Cc1csc(CNc2cccc3cccnc23)n1. The smallest absolute Gasteiger partial charge is 0.112 e. The van der Waals surface area contributed by atoms with E-state index in [-0.39, 0.29) is 0 Å². The third-order valence-electron chi connectivity index (χ3n) is 2.73. The van der Waals surface area contributed by atoms with Gasteiger partial charge >= 0.3 is 0 Å². The van der Waals surface area contributed by atoms with Gasteiger partial charge in [0, 0.05) is 22.7 Å². The molecule has 0 bridgehead atoms. The largest absolute Gasteiger partial charge is 0.377 e. The Labute approximate surface area is 110 Å². The van der Waals surface area contributed by atoms with Crippen molar-refractivity contribution >= 4 is 27.9 Å². The first kappa shape index (κ1) is 11.2. The first-order valence-electron chi connectivity index (χ1n) is 5.81. The number of pyridine rings is 1. The second-order valence-electron chi connectivity index (χ2n) is 4.12. The molecule has 0 fully saturated rings. The minimum Gasteiger partial charge on any atom is -0.377 e. The van der Waals surface area contributed by atoms with Gasteiger partial charge in [-0.3, -0.25) is 4.98 Å². The number of aryl methyl sites for hydroxylation is 1. The van der Waals surface area contributed by atoms with Crippen LogP contribution in [0.5, 0.6) is 0 Å². The van der Waals surface area contributed by atoms with Crippen LogP contribution in [0.4, 0.5) is 5.69 Å². The molecule has 2 aromatic heterocycles. The number of anilines is 1. The molecule has 0 saturated heterocycles. The molecule has 0 aliphatic rings. The van der Waals surface area contributed by atoms with E-state index in [0.717, 1.165) is 33.8 Å². The third-order valence-corrected chi connectivity index (χ3v) is 3.70. The maximum absolute atomic E-state index is 4.44. The second-order valence-corrected chi connectivity index (χ2v) is 5.06. The van der Waals surface area contributed by atoms with Gasteiger partial charge in [-0.1, -0.05) is 18.2 Å². The van der Waals surface area contributed by atoms with Gasteiger partial charge in [0.15, 0.2) is 0 Å². The minimum atomic E-state index is 0.744. The van der Waals surface area contributed by atoms with Gasteiger partial charge in [0.2, 0.25) is 0 Å². The van der Waals surface area contributed by atoms with Crippen LogP contribution in [0.15, 0.2) is 41.9 Å². The number of para-hydroxylation sites is 1. The Hall–Kier alpha value is -1.94. The molecule has 0 aliphatic heterocycles. The highest BCUT2D eigenvalue weighted by molar-refractivity contribution is 7.09. The first-order chi connectivity index (χ1) is 8.83. The fraction of sp³-hybridized carbons (Fsp3) is 0.143. The highest BCUT2D eigenvalue weighted by atomic mass is 32.1. The molecule has 90 valence electrons. The van der Waals surface area contributed by atoms with Gasteiger partial charge in [-0.2, -0.15) is 0 Å². The summed E-state index contributed by atoms with van der Waals surface area (Å²) in [6, 6.07) is 10.2. The van der Waals surface area contributed by atoms with Crippen molar-refractivity contribution in [1.82, 2.24) is 9.97 Å². The molecule has 3 rings (SSSR count). The molecular formula is C14H13N3S. The monoisotopic (exact) mass is 255 g/mol. The third kappa shape index (κ3) is 2.19. The summed E-state index contributed by atoms with van der Waals surface area (Å²) in [5.74, 6) is 0. The molecule has 0 aliphatic carbocycles. The number of nitrogens with one attached hydrogen (secondary N) is 1. The van der Waals surface area contributed by atoms with E-state index >= 15 is 0 Å². The van der Waals surface area contributed by atoms with Crippen LogP contribution >= 0.6 is 11.3 Å². The Kier molecular flexibility index (Phi) is 2.94. The van der Waals surface area contributed by atoms with Crippen LogP contribution < -0.4 is 5.32 Å². The Balaban J connectivity index is 1.86. The van der Waals surface area contributed by atoms with Gasteiger partial charge in [0.1, 0.15) is 5.01 Å². The van der Waals surface area contributed by atoms with Crippen molar-refractivity contribution in [2.24, 2.45) is 0 Å². The molecule has 2 heterocycles. The van der Waals surface area contributed by atoms with Crippen LogP contribution in [0.2, 0.25) is 0 Å². The molecule has 18 heavy (non-hydrogen) atoms. The molecule has 0 spiro atoms. The van der Waals surface area contributed by atoms with E-state index in [1.807, 2.05) is 25.3 Å². The standard InChI is InChI=1S/C14H13N3S/c1-10-9-18-13(17-10)8-16-12-6-2-4-11-5-3-7-15-14(11)12/h2-7,9,16H,8H2,1H3. The van der Waals surface area contributed by atoms with Crippen LogP contribution in [0, 0.1) is 6.92 Å². The molecule has 0 radical (unpaired) electrons. The summed E-state index contributed by atoms with van der Waals surface area (Å²) < 4.78 is 0. The predicted molar refractivity (Wildman–Crippen MR) is 75.9 cm³/mol. The molecule has 0 saturated carbocycles. The van der Waals surface area contributed by atoms with Crippen molar-refractivity contribution in [2.45, 2.75) is 13.5 Å². The fourth-order valence-corrected chi connectivity index (χ4v) is 2.61. The van der Waals surface area contributed by atoms with Crippen molar-refractivity contribution in [3.63, 3.8) is 0 Å². The maximum Gasteiger partial charge on any atom is 0.112 e. The Morgan fingerprint density at radius 2 is 2.11 bits per heavy atom. The van der Waals surface area contributed by atoms with Gasteiger partial charge < -0.3 is 5.32 Å². The molecule has 1 aromatic carbocycles. The number of thiazole rings is 1. The average Bonchev–Trinajstić information content (AvgIpc) is 2.82. The predicted octanol–water partition coefficient (Wildman–Crippen LogP) is 3.61. The summed E-state index contributed by atoms with van der Waals surface area (Å²) in [6.45, 7) is 2.76. The number of rotatable bonds is 3. The maximum atomic E-state index is 4.44. The number of nitrogens with zero attached hydrogens (tertiary/aromatic N) is 2. The lowest BCUT2D eigenvalue weighted by molar-refractivity contribution is 1.08. The van der Waals surface area contributed by atoms with Crippen molar-refractivity contribution in [2.75, 3.05) is 5.32 Å². The van der Waals surface area contributed by atoms with E-state index in [1.165, 1.54) is 0 Å². The first-order valence-corrected chi connectivity index (χ1v) is 6.69. The van der Waals surface area contributed by atoms with Crippen molar-refractivity contribution < 1.29 is 0 Å². The summed E-state index contributed by atoms with van der Waals surface area (Å²) in [5.41, 5.74) is 3.14. The van der Waals surface area contributed by atoms with E-state index in [4.69, 9.17) is 0 Å². The molecule has 3 aromatic rings. The normalized spacial score (nSPS) is 10.7. The van der Waals surface area contributed by atoms with Gasteiger partial charge in [0.05, 0.1) is 17.7 Å². The van der Waals surface area contributed by atoms with Crippen LogP contribution in [0.3, 0.4) is 0 Å². The van der Waals surface area contributed by atoms with E-state index in [9.17, 15) is 0 Å². The Bertz CT molecular complexity index is 670. The lowest BCUT2D eigenvalue weighted by Crippen LogP contribution is -2.00. The zero-order valence-corrected chi connectivity index (χ0v) is 10.9. The lowest BCUT2D eigenvalue weighted by atomic mass is 10.2. The van der Waals surface area contributed by atoms with E-state index < -0.39 is 0 Å². The fourth-order valence-electron chi connectivity index (χ4n) is 1.90. The molecule has 0 amide bonds. The lowest BCUT2D eigenvalue weighted by Gasteiger charge is -2.07. The Morgan fingerprint density at radius 1 is 1.22 bits per heavy atom. The Morgan fingerprint density at radius 3 is 2.94 bits per heavy atom. The zero-order valence-electron chi connectivity index (χ0n) is 10.1. The highest BCUT2D eigenvalue weighted by Crippen LogP contribution is 2.21. The van der Waals surface area contributed by atoms with E-state index in [0.29, 0.717) is 0 Å². The molecule has 0 unspecified atom stereocenters. The van der Waals surface area contributed by atoms with Crippen molar-refractivity contribution in [3.8, 4) is 0 Å². The van der Waals surface area contributed by atoms with Crippen LogP contribution in [0.1, 0.15) is 10.7 Å². The van der Waals surface area contributed by atoms with E-state index in [2.05, 4.69) is 38.9 Å². The number of fused-ring (bicyclic) bond motifs is 1. The average molecular weight is 255 g/mol. The van der Waals surface area contributed by atoms with Gasteiger partial charge in [0.25, 0.3) is 0 Å². The molecule has 4 heteroatoms. The number of benzene rings is 1. The summed E-state index contributed by atoms with van der Waals surface area (Å²) in [7, 11) is 0. The van der Waals surface area contributed by atoms with E-state index in [1.54, 1.807) is 11.3 Å². The van der Waals surface area contributed by atoms with Crippen molar-refractivity contribution in [3.05, 3.63) is 52.6 Å². The van der Waals surface area contributed by atoms with Crippen molar-refractivity contribution in [1.29, 1.82) is 0 Å². The highest BCUT2D eigenvalue weighted by Gasteiger charge is 2.02. The molecular weight excluding hydrogens is 242 g/mol. The van der Waals surface area contributed by atoms with Crippen LogP contribution in [-0.4, -0.2) is 9.97 Å². The molecule has 1 N–H and O–H groups in total. The topological polar surface area (TPSA) is 37.8 Å². The van der Waals surface area contributed by atoms with Crippen LogP contribution in [0.25, 0.3) is 10.9 Å². The number of hydrogen-bond acceptors (Lipinski definition) is 4. The van der Waals surface area contributed by atoms with Crippen LogP contribution in [-0.2, 0) is 6.54 Å².